The van der Waals surface area contributed by atoms with Gasteiger partial charge in [-0.15, -0.1) is 0 Å². The summed E-state index contributed by atoms with van der Waals surface area (Å²) in [6, 6.07) is 13.9. The topological polar surface area (TPSA) is 90.3 Å². The van der Waals surface area contributed by atoms with Crippen LogP contribution in [0.2, 0.25) is 10.2 Å². The monoisotopic (exact) mass is 485 g/mol. The maximum Gasteiger partial charge on any atom is 0.331 e. The maximum atomic E-state index is 12.1. The third-order valence-electron chi connectivity index (χ3n) is 4.67. The van der Waals surface area contributed by atoms with Crippen LogP contribution in [-0.2, 0) is 20.9 Å². The SMILES string of the molecule is CC(=O)c1cccc(NC(=O)COC(=O)/C=C/c2c(C)nn(Cc3ccccc3Cl)c2Cl)c1. The molecule has 7 nitrogen and oxygen atoms in total. The number of carbonyl (C=O) groups is 3. The number of carbonyl (C=O) groups excluding carboxylic acids is 3. The fraction of sp³-hybridized carbons (Fsp3) is 0.167. The first-order valence-electron chi connectivity index (χ1n) is 9.96. The molecule has 0 saturated carbocycles. The normalized spacial score (nSPS) is 10.9. The van der Waals surface area contributed by atoms with Crippen LogP contribution in [-0.4, -0.2) is 34.0 Å². The number of nitrogens with zero attached hydrogens (tertiary/aromatic N) is 2. The molecule has 0 radical (unpaired) electrons. The summed E-state index contributed by atoms with van der Waals surface area (Å²) in [5.41, 5.74) is 2.95. The van der Waals surface area contributed by atoms with Gasteiger partial charge in [-0.1, -0.05) is 53.5 Å². The van der Waals surface area contributed by atoms with Gasteiger partial charge in [-0.3, -0.25) is 9.59 Å². The van der Waals surface area contributed by atoms with E-state index in [1.807, 2.05) is 18.2 Å². The van der Waals surface area contributed by atoms with Gasteiger partial charge in [0, 0.05) is 27.9 Å². The lowest BCUT2D eigenvalue weighted by Gasteiger charge is -2.06. The first-order valence-corrected chi connectivity index (χ1v) is 10.7. The number of anilines is 1. The molecule has 0 fully saturated rings. The number of ketones is 1. The van der Waals surface area contributed by atoms with Crippen LogP contribution in [0.4, 0.5) is 5.69 Å². The Kier molecular flexibility index (Phi) is 8.03. The number of ether oxygens (including phenoxy) is 1. The van der Waals surface area contributed by atoms with Crippen molar-refractivity contribution in [2.45, 2.75) is 20.4 Å². The van der Waals surface area contributed by atoms with Gasteiger partial charge in [0.25, 0.3) is 5.91 Å². The minimum atomic E-state index is -0.711. The molecule has 1 N–H and O–H groups in total. The second-order valence-corrected chi connectivity index (χ2v) is 7.93. The Labute approximate surface area is 201 Å². The summed E-state index contributed by atoms with van der Waals surface area (Å²) in [6.45, 7) is 3.10. The van der Waals surface area contributed by atoms with Crippen LogP contribution < -0.4 is 5.32 Å². The first-order chi connectivity index (χ1) is 15.7. The minimum absolute atomic E-state index is 0.119. The molecule has 3 aromatic rings. The number of hydrogen-bond donors (Lipinski definition) is 1. The van der Waals surface area contributed by atoms with Crippen LogP contribution in [0.25, 0.3) is 6.08 Å². The van der Waals surface area contributed by atoms with E-state index < -0.39 is 18.5 Å². The summed E-state index contributed by atoms with van der Waals surface area (Å²) in [5, 5.41) is 7.93. The zero-order chi connectivity index (χ0) is 24.0. The van der Waals surface area contributed by atoms with Crippen molar-refractivity contribution in [3.8, 4) is 0 Å². The Morgan fingerprint density at radius 1 is 1.12 bits per heavy atom. The molecule has 1 aromatic heterocycles. The van der Waals surface area contributed by atoms with Gasteiger partial charge in [-0.05, 0) is 43.7 Å². The molecule has 0 bridgehead atoms. The van der Waals surface area contributed by atoms with Crippen LogP contribution in [0, 0.1) is 6.92 Å². The molecule has 9 heteroatoms. The standard InChI is InChI=1S/C24H21Cl2N3O4/c1-15-20(24(26)29(28-15)13-18-6-3-4-9-21(18)25)10-11-23(32)33-14-22(31)27-19-8-5-7-17(12-19)16(2)30/h3-12H,13-14H2,1-2H3,(H,27,31)/b11-10+. The highest BCUT2D eigenvalue weighted by Crippen LogP contribution is 2.24. The summed E-state index contributed by atoms with van der Waals surface area (Å²) >= 11 is 12.6. The molecule has 0 unspecified atom stereocenters. The van der Waals surface area contributed by atoms with Crippen LogP contribution in [0.1, 0.15) is 34.1 Å². The van der Waals surface area contributed by atoms with Crippen molar-refractivity contribution in [1.29, 1.82) is 0 Å². The smallest absolute Gasteiger partial charge is 0.331 e. The second-order valence-electron chi connectivity index (χ2n) is 7.17. The van der Waals surface area contributed by atoms with Crippen molar-refractivity contribution in [3.05, 3.63) is 87.2 Å². The van der Waals surface area contributed by atoms with Gasteiger partial charge in [-0.2, -0.15) is 5.10 Å². The maximum absolute atomic E-state index is 12.1. The van der Waals surface area contributed by atoms with E-state index in [0.29, 0.717) is 39.2 Å². The molecule has 0 aliphatic rings. The molecule has 0 spiro atoms. The first kappa shape index (κ1) is 24.2. The molecule has 33 heavy (non-hydrogen) atoms. The average molecular weight is 486 g/mol. The largest absolute Gasteiger partial charge is 0.452 e. The molecule has 3 rings (SSSR count). The van der Waals surface area contributed by atoms with Gasteiger partial charge in [0.1, 0.15) is 5.15 Å². The van der Waals surface area contributed by atoms with Crippen LogP contribution >= 0.6 is 23.2 Å². The predicted octanol–water partition coefficient (Wildman–Crippen LogP) is 4.94. The highest BCUT2D eigenvalue weighted by atomic mass is 35.5. The van der Waals surface area contributed by atoms with Gasteiger partial charge in [0.05, 0.1) is 12.2 Å². The zero-order valence-electron chi connectivity index (χ0n) is 18.0. The van der Waals surface area contributed by atoms with Crippen LogP contribution in [0.5, 0.6) is 0 Å². The molecule has 0 atom stereocenters. The van der Waals surface area contributed by atoms with Gasteiger partial charge in [-0.25, -0.2) is 9.48 Å². The Hall–Kier alpha value is -3.42. The third-order valence-corrected chi connectivity index (χ3v) is 5.44. The fourth-order valence-electron chi connectivity index (χ4n) is 3.00. The number of halogens is 2. The number of nitrogens with one attached hydrogen (secondary N) is 1. The van der Waals surface area contributed by atoms with Gasteiger partial charge >= 0.3 is 5.97 Å². The molecular formula is C24H21Cl2N3O4. The Morgan fingerprint density at radius 2 is 1.88 bits per heavy atom. The molecule has 1 heterocycles. The molecule has 170 valence electrons. The Bertz CT molecular complexity index is 1230. The number of esters is 1. The van der Waals surface area contributed by atoms with Gasteiger partial charge < -0.3 is 10.1 Å². The summed E-state index contributed by atoms with van der Waals surface area (Å²) in [4.78, 5) is 35.5. The number of benzene rings is 2. The molecule has 0 saturated heterocycles. The summed E-state index contributed by atoms with van der Waals surface area (Å²) in [7, 11) is 0. The second kappa shape index (κ2) is 10.9. The van der Waals surface area contributed by atoms with E-state index in [-0.39, 0.29) is 5.78 Å². The van der Waals surface area contributed by atoms with E-state index in [1.54, 1.807) is 41.9 Å². The minimum Gasteiger partial charge on any atom is -0.452 e. The highest BCUT2D eigenvalue weighted by Gasteiger charge is 2.13. The number of hydrogen-bond acceptors (Lipinski definition) is 5. The molecular weight excluding hydrogens is 465 g/mol. The Morgan fingerprint density at radius 3 is 2.61 bits per heavy atom. The molecule has 1 amide bonds. The molecule has 2 aromatic carbocycles. The Balaban J connectivity index is 1.58. The molecule has 0 aliphatic carbocycles. The van der Waals surface area contributed by atoms with Crippen LogP contribution in [0.3, 0.4) is 0 Å². The van der Waals surface area contributed by atoms with Crippen molar-refractivity contribution >= 4 is 52.6 Å². The molecule has 0 aliphatic heterocycles. The predicted molar refractivity (Wildman–Crippen MR) is 128 cm³/mol. The van der Waals surface area contributed by atoms with Crippen molar-refractivity contribution < 1.29 is 19.1 Å². The average Bonchev–Trinajstić information content (AvgIpc) is 3.05. The van der Waals surface area contributed by atoms with E-state index in [9.17, 15) is 14.4 Å². The number of rotatable bonds is 8. The van der Waals surface area contributed by atoms with Gasteiger partial charge in [0.2, 0.25) is 0 Å². The van der Waals surface area contributed by atoms with Crippen LogP contribution in [0.15, 0.2) is 54.6 Å². The lowest BCUT2D eigenvalue weighted by molar-refractivity contribution is -0.142. The third kappa shape index (κ3) is 6.54. The van der Waals surface area contributed by atoms with E-state index in [0.717, 1.165) is 5.56 Å². The van der Waals surface area contributed by atoms with Crippen molar-refractivity contribution in [3.63, 3.8) is 0 Å². The fourth-order valence-corrected chi connectivity index (χ4v) is 3.49. The van der Waals surface area contributed by atoms with E-state index in [2.05, 4.69) is 10.4 Å². The summed E-state index contributed by atoms with van der Waals surface area (Å²) in [6.07, 6.45) is 2.67. The summed E-state index contributed by atoms with van der Waals surface area (Å²) in [5.74, 6) is -1.36. The van der Waals surface area contributed by atoms with E-state index >= 15 is 0 Å². The van der Waals surface area contributed by atoms with Crippen molar-refractivity contribution in [2.24, 2.45) is 0 Å². The number of amides is 1. The summed E-state index contributed by atoms with van der Waals surface area (Å²) < 4.78 is 6.57. The quantitative estimate of drug-likeness (QED) is 0.277. The van der Waals surface area contributed by atoms with Crippen molar-refractivity contribution in [2.75, 3.05) is 11.9 Å². The zero-order valence-corrected chi connectivity index (χ0v) is 19.5. The number of aryl methyl sites for hydroxylation is 1. The van der Waals surface area contributed by atoms with E-state index in [4.69, 9.17) is 27.9 Å². The van der Waals surface area contributed by atoms with Crippen molar-refractivity contribution in [1.82, 2.24) is 9.78 Å². The van der Waals surface area contributed by atoms with Gasteiger partial charge in [0.15, 0.2) is 12.4 Å². The van der Waals surface area contributed by atoms with E-state index in [1.165, 1.54) is 19.1 Å². The lowest BCUT2D eigenvalue weighted by Crippen LogP contribution is -2.20. The lowest BCUT2D eigenvalue weighted by atomic mass is 10.1. The highest BCUT2D eigenvalue weighted by molar-refractivity contribution is 6.32. The number of aromatic nitrogens is 2. The number of Topliss-reactive ketones (excluding diaryl/α,β-unsaturated/α-hetero) is 1.